The average Bonchev–Trinajstić information content (AvgIpc) is 3.13. The number of carbonyl (C=O) groups is 1. The van der Waals surface area contributed by atoms with E-state index in [0.717, 1.165) is 16.9 Å². The van der Waals surface area contributed by atoms with Gasteiger partial charge in [-0.25, -0.2) is 4.63 Å². The van der Waals surface area contributed by atoms with E-state index in [0.29, 0.717) is 31.3 Å². The number of carbonyl (C=O) groups excluding carboxylic acids is 1. The first-order valence-corrected chi connectivity index (χ1v) is 9.44. The van der Waals surface area contributed by atoms with Crippen molar-refractivity contribution in [2.45, 2.75) is 20.1 Å². The lowest BCUT2D eigenvalue weighted by Crippen LogP contribution is -2.32. The summed E-state index contributed by atoms with van der Waals surface area (Å²) in [5, 5.41) is 13.4. The fourth-order valence-corrected chi connectivity index (χ4v) is 2.91. The van der Waals surface area contributed by atoms with Gasteiger partial charge in [0.1, 0.15) is 12.4 Å². The molecule has 0 saturated heterocycles. The van der Waals surface area contributed by atoms with Crippen molar-refractivity contribution >= 4 is 23.3 Å². The summed E-state index contributed by atoms with van der Waals surface area (Å²) in [6, 6.07) is 13.7. The third kappa shape index (κ3) is 5.94. The van der Waals surface area contributed by atoms with Gasteiger partial charge in [0, 0.05) is 30.2 Å². The average molecular weight is 416 g/mol. The number of nitrogens with zero attached hydrogens (tertiary/aromatic N) is 2. The van der Waals surface area contributed by atoms with Crippen LogP contribution in [0.1, 0.15) is 27.2 Å². The van der Waals surface area contributed by atoms with E-state index in [1.165, 1.54) is 5.56 Å². The molecule has 2 aromatic carbocycles. The van der Waals surface area contributed by atoms with Gasteiger partial charge in [0.05, 0.1) is 0 Å². The molecule has 0 aliphatic heterocycles. The van der Waals surface area contributed by atoms with E-state index in [2.05, 4.69) is 31.6 Å². The minimum atomic E-state index is -0.435. The van der Waals surface area contributed by atoms with Gasteiger partial charge in [-0.3, -0.25) is 4.79 Å². The van der Waals surface area contributed by atoms with E-state index >= 15 is 0 Å². The largest absolute Gasteiger partial charge is 0.489 e. The summed E-state index contributed by atoms with van der Waals surface area (Å²) < 4.78 is 10.4. The van der Waals surface area contributed by atoms with Crippen LogP contribution in [0.25, 0.3) is 0 Å². The number of amides is 1. The van der Waals surface area contributed by atoms with Crippen LogP contribution in [0.4, 0.5) is 5.82 Å². The molecule has 29 heavy (non-hydrogen) atoms. The second-order valence-corrected chi connectivity index (χ2v) is 6.90. The maximum atomic E-state index is 11.9. The van der Waals surface area contributed by atoms with E-state index < -0.39 is 5.91 Å². The Bertz CT molecular complexity index is 976. The minimum absolute atomic E-state index is 0.0216. The molecule has 9 heteroatoms. The number of nitrogen functional groups attached to an aromatic ring is 1. The van der Waals surface area contributed by atoms with Gasteiger partial charge in [0.15, 0.2) is 0 Å². The number of aromatic nitrogens is 2. The van der Waals surface area contributed by atoms with Crippen molar-refractivity contribution in [3.63, 3.8) is 0 Å². The third-order valence-electron chi connectivity index (χ3n) is 4.13. The van der Waals surface area contributed by atoms with Crippen LogP contribution in [0.15, 0.2) is 47.1 Å². The predicted molar refractivity (Wildman–Crippen MR) is 110 cm³/mol. The summed E-state index contributed by atoms with van der Waals surface area (Å²) in [5.41, 5.74) is 8.69. The molecule has 1 aromatic heterocycles. The van der Waals surface area contributed by atoms with Crippen molar-refractivity contribution < 1.29 is 14.2 Å². The molecular formula is C20H22ClN5O3. The van der Waals surface area contributed by atoms with E-state index in [9.17, 15) is 4.79 Å². The number of benzene rings is 2. The molecule has 0 unspecified atom stereocenters. The highest BCUT2D eigenvalue weighted by molar-refractivity contribution is 6.30. The lowest BCUT2D eigenvalue weighted by molar-refractivity contribution is 0.0944. The number of aryl methyl sites for hydroxylation is 1. The van der Waals surface area contributed by atoms with Crippen LogP contribution in [-0.4, -0.2) is 29.3 Å². The monoisotopic (exact) mass is 415 g/mol. The van der Waals surface area contributed by atoms with Gasteiger partial charge in [-0.1, -0.05) is 41.4 Å². The fraction of sp³-hybridized carbons (Fsp3) is 0.250. The molecule has 8 nitrogen and oxygen atoms in total. The predicted octanol–water partition coefficient (Wildman–Crippen LogP) is 2.71. The first-order valence-electron chi connectivity index (χ1n) is 9.06. The zero-order valence-electron chi connectivity index (χ0n) is 15.9. The maximum absolute atomic E-state index is 11.9. The number of anilines is 1. The van der Waals surface area contributed by atoms with Crippen LogP contribution in [0.3, 0.4) is 0 Å². The Kier molecular flexibility index (Phi) is 7.04. The zero-order valence-corrected chi connectivity index (χ0v) is 16.7. The van der Waals surface area contributed by atoms with Crippen LogP contribution in [0.5, 0.6) is 5.75 Å². The van der Waals surface area contributed by atoms with Crippen LogP contribution >= 0.6 is 11.6 Å². The van der Waals surface area contributed by atoms with Crippen molar-refractivity contribution in [2.24, 2.45) is 0 Å². The van der Waals surface area contributed by atoms with Crippen LogP contribution < -0.4 is 21.1 Å². The Morgan fingerprint density at radius 2 is 2.07 bits per heavy atom. The summed E-state index contributed by atoms with van der Waals surface area (Å²) in [5.74, 6) is 0.286. The summed E-state index contributed by atoms with van der Waals surface area (Å²) in [6.45, 7) is 3.96. The number of hydrogen-bond donors (Lipinski definition) is 3. The van der Waals surface area contributed by atoms with Gasteiger partial charge in [0.2, 0.25) is 11.5 Å². The van der Waals surface area contributed by atoms with Crippen LogP contribution in [-0.2, 0) is 13.2 Å². The normalized spacial score (nSPS) is 10.7. The quantitative estimate of drug-likeness (QED) is 0.460. The third-order valence-corrected chi connectivity index (χ3v) is 4.37. The Morgan fingerprint density at radius 3 is 2.83 bits per heavy atom. The Morgan fingerprint density at radius 1 is 1.21 bits per heavy atom. The van der Waals surface area contributed by atoms with Gasteiger partial charge in [-0.05, 0) is 41.0 Å². The lowest BCUT2D eigenvalue weighted by Gasteiger charge is -2.13. The molecule has 0 bridgehead atoms. The molecule has 1 heterocycles. The van der Waals surface area contributed by atoms with Gasteiger partial charge < -0.3 is 21.1 Å². The molecule has 0 aliphatic rings. The van der Waals surface area contributed by atoms with Crippen molar-refractivity contribution in [3.8, 4) is 5.75 Å². The van der Waals surface area contributed by atoms with E-state index in [-0.39, 0.29) is 11.5 Å². The molecule has 152 valence electrons. The van der Waals surface area contributed by atoms with E-state index in [4.69, 9.17) is 22.1 Å². The first kappa shape index (κ1) is 20.6. The van der Waals surface area contributed by atoms with Crippen LogP contribution in [0, 0.1) is 6.92 Å². The first-order chi connectivity index (χ1) is 14.0. The molecular weight excluding hydrogens is 394 g/mol. The molecule has 0 radical (unpaired) electrons. The summed E-state index contributed by atoms with van der Waals surface area (Å²) in [4.78, 5) is 11.9. The number of ether oxygens (including phenoxy) is 1. The number of nitrogens with one attached hydrogen (secondary N) is 2. The molecule has 0 atom stereocenters. The van der Waals surface area contributed by atoms with Crippen LogP contribution in [0.2, 0.25) is 5.02 Å². The summed E-state index contributed by atoms with van der Waals surface area (Å²) >= 11 is 6.13. The Hall–Kier alpha value is -3.10. The maximum Gasteiger partial charge on any atom is 0.277 e. The molecule has 3 rings (SSSR count). The van der Waals surface area contributed by atoms with Gasteiger partial charge >= 0.3 is 0 Å². The molecule has 0 aliphatic carbocycles. The SMILES string of the molecule is Cc1cccc(COc2ccc(Cl)cc2CNCCNC(=O)c2nonc2N)c1. The highest BCUT2D eigenvalue weighted by Crippen LogP contribution is 2.24. The molecule has 0 spiro atoms. The highest BCUT2D eigenvalue weighted by Gasteiger charge is 2.15. The van der Waals surface area contributed by atoms with Crippen molar-refractivity contribution in [1.82, 2.24) is 20.9 Å². The summed E-state index contributed by atoms with van der Waals surface area (Å²) in [7, 11) is 0. The highest BCUT2D eigenvalue weighted by atomic mass is 35.5. The zero-order chi connectivity index (χ0) is 20.6. The molecule has 3 aromatic rings. The Balaban J connectivity index is 1.49. The van der Waals surface area contributed by atoms with Gasteiger partial charge in [0.25, 0.3) is 5.91 Å². The topological polar surface area (TPSA) is 115 Å². The number of hydrogen-bond acceptors (Lipinski definition) is 7. The Labute approximate surface area is 173 Å². The molecule has 4 N–H and O–H groups in total. The molecule has 0 fully saturated rings. The minimum Gasteiger partial charge on any atom is -0.489 e. The standard InChI is InChI=1S/C20H22ClN5O3/c1-13-3-2-4-14(9-13)12-28-17-6-5-16(21)10-15(17)11-23-7-8-24-20(27)18-19(22)26-29-25-18/h2-6,9-10,23H,7-8,11-12H2,1H3,(H2,22,26)(H,24,27). The number of nitrogens with two attached hydrogens (primary N) is 1. The van der Waals surface area contributed by atoms with Gasteiger partial charge in [-0.15, -0.1) is 0 Å². The second-order valence-electron chi connectivity index (χ2n) is 6.46. The van der Waals surface area contributed by atoms with E-state index in [1.54, 1.807) is 6.07 Å². The van der Waals surface area contributed by atoms with Crippen molar-refractivity contribution in [2.75, 3.05) is 18.8 Å². The lowest BCUT2D eigenvalue weighted by atomic mass is 10.1. The number of halogens is 1. The second kappa shape index (κ2) is 9.90. The molecule has 0 saturated carbocycles. The van der Waals surface area contributed by atoms with E-state index in [1.807, 2.05) is 37.3 Å². The fourth-order valence-electron chi connectivity index (χ4n) is 2.71. The van der Waals surface area contributed by atoms with Crippen molar-refractivity contribution in [1.29, 1.82) is 0 Å². The smallest absolute Gasteiger partial charge is 0.277 e. The van der Waals surface area contributed by atoms with Crippen molar-refractivity contribution in [3.05, 3.63) is 69.9 Å². The molecule has 1 amide bonds. The summed E-state index contributed by atoms with van der Waals surface area (Å²) in [6.07, 6.45) is 0. The number of rotatable bonds is 9. The van der Waals surface area contributed by atoms with Gasteiger partial charge in [-0.2, -0.15) is 0 Å².